The normalized spacial score (nSPS) is 11.9. The van der Waals surface area contributed by atoms with Crippen LogP contribution in [0.15, 0.2) is 36.4 Å². The molecule has 0 radical (unpaired) electrons. The van der Waals surface area contributed by atoms with Crippen LogP contribution in [0, 0.1) is 0 Å². The second-order valence-electron chi connectivity index (χ2n) is 4.50. The summed E-state index contributed by atoms with van der Waals surface area (Å²) in [7, 11) is 0. The van der Waals surface area contributed by atoms with Gasteiger partial charge in [-0.2, -0.15) is 0 Å². The lowest BCUT2D eigenvalue weighted by molar-refractivity contribution is 0.217. The van der Waals surface area contributed by atoms with Gasteiger partial charge in [-0.3, -0.25) is 0 Å². The summed E-state index contributed by atoms with van der Waals surface area (Å²) in [4.78, 5) is 0. The number of hydrogen-bond donors (Lipinski definition) is 1. The van der Waals surface area contributed by atoms with E-state index in [1.54, 1.807) is 0 Å². The third-order valence-electron chi connectivity index (χ3n) is 2.63. The lowest BCUT2D eigenvalue weighted by Gasteiger charge is -2.14. The highest BCUT2D eigenvalue weighted by molar-refractivity contribution is 5.48. The molecule has 2 heteroatoms. The molecule has 0 fully saturated rings. The monoisotopic (exact) mass is 233 g/mol. The number of rotatable bonds is 7. The summed E-state index contributed by atoms with van der Waals surface area (Å²) in [5.74, 6) is 0.930. The van der Waals surface area contributed by atoms with E-state index < -0.39 is 0 Å². The van der Waals surface area contributed by atoms with E-state index in [-0.39, 0.29) is 6.10 Å². The highest BCUT2D eigenvalue weighted by Gasteiger charge is 2.01. The molecular weight excluding hydrogens is 210 g/mol. The van der Waals surface area contributed by atoms with Crippen molar-refractivity contribution in [3.63, 3.8) is 0 Å². The first-order valence-corrected chi connectivity index (χ1v) is 6.26. The number of hydrogen-bond acceptors (Lipinski definition) is 2. The highest BCUT2D eigenvalue weighted by atomic mass is 16.5. The second-order valence-corrected chi connectivity index (χ2v) is 4.50. The van der Waals surface area contributed by atoms with E-state index in [0.717, 1.165) is 30.8 Å². The van der Waals surface area contributed by atoms with E-state index in [2.05, 4.69) is 31.8 Å². The van der Waals surface area contributed by atoms with Crippen LogP contribution in [0.3, 0.4) is 0 Å². The molecule has 17 heavy (non-hydrogen) atoms. The zero-order chi connectivity index (χ0) is 12.7. The fourth-order valence-corrected chi connectivity index (χ4v) is 1.42. The van der Waals surface area contributed by atoms with Crippen LogP contribution in [0.2, 0.25) is 0 Å². The zero-order valence-electron chi connectivity index (χ0n) is 11.1. The van der Waals surface area contributed by atoms with E-state index in [1.807, 2.05) is 25.1 Å². The molecule has 1 aromatic carbocycles. The lowest BCUT2D eigenvalue weighted by atomic mass is 10.2. The van der Waals surface area contributed by atoms with Crippen molar-refractivity contribution < 1.29 is 4.74 Å². The lowest BCUT2D eigenvalue weighted by Crippen LogP contribution is -2.10. The smallest absolute Gasteiger partial charge is 0.121 e. The molecule has 0 saturated carbocycles. The topological polar surface area (TPSA) is 21.3 Å². The molecule has 0 aliphatic heterocycles. The minimum absolute atomic E-state index is 0.265. The van der Waals surface area contributed by atoms with Crippen LogP contribution < -0.4 is 10.1 Å². The Hall–Kier alpha value is -1.44. The first-order chi connectivity index (χ1) is 8.11. The minimum Gasteiger partial charge on any atom is -0.491 e. The van der Waals surface area contributed by atoms with Crippen LogP contribution in [0.5, 0.6) is 5.75 Å². The van der Waals surface area contributed by atoms with Crippen molar-refractivity contribution in [1.29, 1.82) is 0 Å². The van der Waals surface area contributed by atoms with Gasteiger partial charge in [-0.25, -0.2) is 0 Å². The third kappa shape index (κ3) is 5.43. The summed E-state index contributed by atoms with van der Waals surface area (Å²) in [5.41, 5.74) is 2.30. The van der Waals surface area contributed by atoms with Crippen LogP contribution in [0.1, 0.15) is 33.6 Å². The van der Waals surface area contributed by atoms with E-state index in [0.29, 0.717) is 0 Å². The van der Waals surface area contributed by atoms with Gasteiger partial charge in [0.2, 0.25) is 0 Å². The molecule has 0 heterocycles. The van der Waals surface area contributed by atoms with Crippen LogP contribution in [-0.2, 0) is 0 Å². The van der Waals surface area contributed by atoms with Gasteiger partial charge in [-0.15, -0.1) is 6.58 Å². The van der Waals surface area contributed by atoms with Crippen LogP contribution in [0.4, 0.5) is 5.69 Å². The molecule has 1 unspecified atom stereocenters. The van der Waals surface area contributed by atoms with E-state index in [1.165, 1.54) is 5.57 Å². The molecule has 0 bridgehead atoms. The first-order valence-electron chi connectivity index (χ1n) is 6.26. The Balaban J connectivity index is 2.50. The van der Waals surface area contributed by atoms with Gasteiger partial charge >= 0.3 is 0 Å². The fourth-order valence-electron chi connectivity index (χ4n) is 1.42. The minimum atomic E-state index is 0.265. The summed E-state index contributed by atoms with van der Waals surface area (Å²) in [6, 6.07) is 8.11. The molecule has 1 atom stereocenters. The van der Waals surface area contributed by atoms with Crippen molar-refractivity contribution in [2.75, 3.05) is 11.9 Å². The van der Waals surface area contributed by atoms with Crippen molar-refractivity contribution in [3.05, 3.63) is 36.4 Å². The third-order valence-corrected chi connectivity index (χ3v) is 2.63. The Morgan fingerprint density at radius 1 is 1.47 bits per heavy atom. The molecule has 0 saturated heterocycles. The largest absolute Gasteiger partial charge is 0.491 e. The van der Waals surface area contributed by atoms with Crippen molar-refractivity contribution in [2.24, 2.45) is 0 Å². The van der Waals surface area contributed by atoms with Crippen molar-refractivity contribution in [2.45, 2.75) is 39.7 Å². The molecule has 0 spiro atoms. The molecule has 0 aliphatic carbocycles. The zero-order valence-corrected chi connectivity index (χ0v) is 11.1. The molecule has 2 nitrogen and oxygen atoms in total. The SMILES string of the molecule is C=C(C)CCNc1cccc(OC(C)CC)c1. The number of anilines is 1. The molecule has 1 N–H and O–H groups in total. The molecule has 0 aliphatic rings. The predicted molar refractivity (Wildman–Crippen MR) is 74.7 cm³/mol. The first kappa shape index (κ1) is 13.6. The number of ether oxygens (including phenoxy) is 1. The quantitative estimate of drug-likeness (QED) is 0.711. The Labute approximate surface area is 105 Å². The van der Waals surface area contributed by atoms with Gasteiger partial charge in [-0.05, 0) is 38.8 Å². The van der Waals surface area contributed by atoms with Crippen LogP contribution >= 0.6 is 0 Å². The number of benzene rings is 1. The van der Waals surface area contributed by atoms with Gasteiger partial charge in [0.1, 0.15) is 5.75 Å². The molecule has 0 amide bonds. The molecule has 94 valence electrons. The summed E-state index contributed by atoms with van der Waals surface area (Å²) in [6.07, 6.45) is 2.28. The van der Waals surface area contributed by atoms with Crippen LogP contribution in [0.25, 0.3) is 0 Å². The van der Waals surface area contributed by atoms with Crippen molar-refractivity contribution in [3.8, 4) is 5.75 Å². The summed E-state index contributed by atoms with van der Waals surface area (Å²) >= 11 is 0. The molecular formula is C15H23NO. The van der Waals surface area contributed by atoms with E-state index >= 15 is 0 Å². The second kappa shape index (κ2) is 7.00. The average Bonchev–Trinajstić information content (AvgIpc) is 2.29. The maximum absolute atomic E-state index is 5.77. The van der Waals surface area contributed by atoms with Gasteiger partial charge in [-0.1, -0.05) is 18.6 Å². The summed E-state index contributed by atoms with van der Waals surface area (Å²) in [6.45, 7) is 11.1. The van der Waals surface area contributed by atoms with Gasteiger partial charge in [0.15, 0.2) is 0 Å². The maximum Gasteiger partial charge on any atom is 0.121 e. The van der Waals surface area contributed by atoms with Crippen LogP contribution in [-0.4, -0.2) is 12.6 Å². The van der Waals surface area contributed by atoms with Gasteiger partial charge in [0, 0.05) is 18.3 Å². The Morgan fingerprint density at radius 3 is 2.88 bits per heavy atom. The summed E-state index contributed by atoms with van der Waals surface area (Å²) < 4.78 is 5.77. The number of nitrogens with one attached hydrogen (secondary N) is 1. The molecule has 1 aromatic rings. The van der Waals surface area contributed by atoms with Crippen molar-refractivity contribution in [1.82, 2.24) is 0 Å². The Kier molecular flexibility index (Phi) is 5.61. The van der Waals surface area contributed by atoms with Gasteiger partial charge in [0.25, 0.3) is 0 Å². The van der Waals surface area contributed by atoms with E-state index in [4.69, 9.17) is 4.74 Å². The van der Waals surface area contributed by atoms with E-state index in [9.17, 15) is 0 Å². The summed E-state index contributed by atoms with van der Waals surface area (Å²) in [5, 5.41) is 3.37. The Bertz CT molecular complexity index is 360. The highest BCUT2D eigenvalue weighted by Crippen LogP contribution is 2.19. The van der Waals surface area contributed by atoms with Gasteiger partial charge in [0.05, 0.1) is 6.10 Å². The van der Waals surface area contributed by atoms with Gasteiger partial charge < -0.3 is 10.1 Å². The predicted octanol–water partition coefficient (Wildman–Crippen LogP) is 4.24. The molecule has 0 aromatic heterocycles. The standard InChI is InChI=1S/C15H23NO/c1-5-13(4)17-15-8-6-7-14(11-15)16-10-9-12(2)3/h6-8,11,13,16H,2,5,9-10H2,1,3-4H3. The Morgan fingerprint density at radius 2 is 2.24 bits per heavy atom. The maximum atomic E-state index is 5.77. The average molecular weight is 233 g/mol. The molecule has 1 rings (SSSR count). The van der Waals surface area contributed by atoms with Crippen molar-refractivity contribution >= 4 is 5.69 Å². The fraction of sp³-hybridized carbons (Fsp3) is 0.467.